The predicted molar refractivity (Wildman–Crippen MR) is 82.1 cm³/mol. The Morgan fingerprint density at radius 1 is 1.44 bits per heavy atom. The van der Waals surface area contributed by atoms with Crippen LogP contribution in [-0.2, 0) is 4.79 Å². The van der Waals surface area contributed by atoms with Gasteiger partial charge in [-0.25, -0.2) is 0 Å². The number of rotatable bonds is 5. The van der Waals surface area contributed by atoms with E-state index in [4.69, 9.17) is 0 Å². The van der Waals surface area contributed by atoms with Crippen LogP contribution in [0.4, 0.5) is 0 Å². The van der Waals surface area contributed by atoms with E-state index in [0.29, 0.717) is 23.0 Å². The van der Waals surface area contributed by atoms with Crippen LogP contribution in [0.2, 0.25) is 0 Å². The molecule has 1 fully saturated rings. The second kappa shape index (κ2) is 6.79. The summed E-state index contributed by atoms with van der Waals surface area (Å²) in [6.45, 7) is 11.0. The Kier molecular flexibility index (Phi) is 5.97. The summed E-state index contributed by atoms with van der Waals surface area (Å²) in [6, 6.07) is 0. The van der Waals surface area contributed by atoms with E-state index in [9.17, 15) is 4.79 Å². The van der Waals surface area contributed by atoms with Crippen LogP contribution in [0, 0.1) is 11.3 Å². The number of carbonyl (C=O) groups excluding carboxylic acids is 1. The number of thioether (sulfide) groups is 1. The van der Waals surface area contributed by atoms with Gasteiger partial charge in [0.15, 0.2) is 0 Å². The molecule has 18 heavy (non-hydrogen) atoms. The summed E-state index contributed by atoms with van der Waals surface area (Å²) in [5, 5.41) is 1.43. The highest BCUT2D eigenvalue weighted by molar-refractivity contribution is 8.00. The van der Waals surface area contributed by atoms with E-state index in [1.54, 1.807) is 6.92 Å². The third-order valence-corrected chi connectivity index (χ3v) is 5.09. The molecule has 0 aromatic carbocycles. The fraction of sp³-hybridized carbons (Fsp3) is 0.812. The lowest BCUT2D eigenvalue weighted by Crippen LogP contribution is -2.31. The van der Waals surface area contributed by atoms with Gasteiger partial charge in [-0.3, -0.25) is 4.79 Å². The van der Waals surface area contributed by atoms with Crippen LogP contribution in [0.3, 0.4) is 0 Å². The summed E-state index contributed by atoms with van der Waals surface area (Å²) in [5.74, 6) is 0.898. The molecule has 0 N–H and O–H groups in total. The van der Waals surface area contributed by atoms with E-state index in [2.05, 4.69) is 51.6 Å². The van der Waals surface area contributed by atoms with Gasteiger partial charge in [-0.15, -0.1) is 0 Å². The second-order valence-corrected chi connectivity index (χ2v) is 8.45. The molecule has 1 aliphatic carbocycles. The van der Waals surface area contributed by atoms with Gasteiger partial charge in [-0.2, -0.15) is 11.8 Å². The molecule has 1 nitrogen and oxygen atoms in total. The summed E-state index contributed by atoms with van der Waals surface area (Å²) >= 11 is 2.11. The molecule has 0 radical (unpaired) electrons. The molecule has 0 spiro atoms. The summed E-state index contributed by atoms with van der Waals surface area (Å²) in [4.78, 5) is 11.0. The zero-order chi connectivity index (χ0) is 13.8. The van der Waals surface area contributed by atoms with Crippen molar-refractivity contribution < 1.29 is 4.79 Å². The monoisotopic (exact) mass is 268 g/mol. The fourth-order valence-corrected chi connectivity index (χ4v) is 4.08. The van der Waals surface area contributed by atoms with Crippen molar-refractivity contribution in [2.75, 3.05) is 0 Å². The van der Waals surface area contributed by atoms with E-state index < -0.39 is 0 Å². The standard InChI is InChI=1S/C16H28OS/c1-12(2)18-15-9-10-16(4,5)11-14(15)8-6-7-13(3)17/h6,8,12,14-15H,7,9-11H2,1-5H3. The van der Waals surface area contributed by atoms with Gasteiger partial charge in [-0.1, -0.05) is 39.8 Å². The van der Waals surface area contributed by atoms with Crippen molar-refractivity contribution in [3.63, 3.8) is 0 Å². The summed E-state index contributed by atoms with van der Waals surface area (Å²) < 4.78 is 0. The average molecular weight is 268 g/mol. The molecule has 0 amide bonds. The number of hydrogen-bond donors (Lipinski definition) is 0. The van der Waals surface area contributed by atoms with Gasteiger partial charge < -0.3 is 0 Å². The Labute approximate surface area is 117 Å². The summed E-state index contributed by atoms with van der Waals surface area (Å²) in [6.07, 6.45) is 8.88. The normalized spacial score (nSPS) is 27.9. The van der Waals surface area contributed by atoms with Gasteiger partial charge in [0.25, 0.3) is 0 Å². The third kappa shape index (κ3) is 5.60. The van der Waals surface area contributed by atoms with E-state index in [-0.39, 0.29) is 5.78 Å². The molecular formula is C16H28OS. The van der Waals surface area contributed by atoms with Crippen molar-refractivity contribution >= 4 is 17.5 Å². The average Bonchev–Trinajstić information content (AvgIpc) is 2.20. The van der Waals surface area contributed by atoms with Crippen LogP contribution >= 0.6 is 11.8 Å². The van der Waals surface area contributed by atoms with Crippen molar-refractivity contribution in [2.24, 2.45) is 11.3 Å². The zero-order valence-electron chi connectivity index (χ0n) is 12.5. The lowest BCUT2D eigenvalue weighted by Gasteiger charge is -2.40. The molecule has 1 rings (SSSR count). The zero-order valence-corrected chi connectivity index (χ0v) is 13.3. The van der Waals surface area contributed by atoms with Crippen molar-refractivity contribution in [2.45, 2.75) is 70.8 Å². The fourth-order valence-electron chi connectivity index (χ4n) is 2.74. The molecule has 0 aliphatic heterocycles. The van der Waals surface area contributed by atoms with E-state index >= 15 is 0 Å². The highest BCUT2D eigenvalue weighted by Crippen LogP contribution is 2.44. The highest BCUT2D eigenvalue weighted by Gasteiger charge is 2.33. The first-order chi connectivity index (χ1) is 8.30. The molecule has 0 bridgehead atoms. The largest absolute Gasteiger partial charge is 0.300 e. The van der Waals surface area contributed by atoms with Crippen LogP contribution in [0.25, 0.3) is 0 Å². The van der Waals surface area contributed by atoms with Gasteiger partial charge in [0.1, 0.15) is 5.78 Å². The maximum Gasteiger partial charge on any atom is 0.133 e. The lowest BCUT2D eigenvalue weighted by molar-refractivity contribution is -0.116. The van der Waals surface area contributed by atoms with Gasteiger partial charge in [0, 0.05) is 11.7 Å². The van der Waals surface area contributed by atoms with Gasteiger partial charge in [0.2, 0.25) is 0 Å². The molecule has 2 heteroatoms. The van der Waals surface area contributed by atoms with Crippen LogP contribution in [0.1, 0.15) is 60.3 Å². The maximum absolute atomic E-state index is 11.0. The lowest BCUT2D eigenvalue weighted by atomic mass is 9.72. The minimum atomic E-state index is 0.259. The van der Waals surface area contributed by atoms with Gasteiger partial charge in [0.05, 0.1) is 0 Å². The number of Topliss-reactive ketones (excluding diaryl/α,β-unsaturated/α-hetero) is 1. The SMILES string of the molecule is CC(=O)CC=CC1CC(C)(C)CCC1SC(C)C. The predicted octanol–water partition coefficient (Wildman–Crippen LogP) is 4.86. The molecule has 0 heterocycles. The number of hydrogen-bond acceptors (Lipinski definition) is 2. The first-order valence-electron chi connectivity index (χ1n) is 7.12. The van der Waals surface area contributed by atoms with Crippen molar-refractivity contribution in [1.82, 2.24) is 0 Å². The maximum atomic E-state index is 11.0. The highest BCUT2D eigenvalue weighted by atomic mass is 32.2. The van der Waals surface area contributed by atoms with E-state index in [1.807, 2.05) is 0 Å². The molecule has 0 aromatic rings. The van der Waals surface area contributed by atoms with Gasteiger partial charge >= 0.3 is 0 Å². The van der Waals surface area contributed by atoms with Crippen molar-refractivity contribution in [3.8, 4) is 0 Å². The summed E-state index contributed by atoms with van der Waals surface area (Å²) in [7, 11) is 0. The van der Waals surface area contributed by atoms with E-state index in [0.717, 1.165) is 5.25 Å². The van der Waals surface area contributed by atoms with Crippen LogP contribution in [0.15, 0.2) is 12.2 Å². The minimum absolute atomic E-state index is 0.259. The van der Waals surface area contributed by atoms with Crippen molar-refractivity contribution in [3.05, 3.63) is 12.2 Å². The molecular weight excluding hydrogens is 240 g/mol. The molecule has 1 saturated carbocycles. The van der Waals surface area contributed by atoms with Crippen LogP contribution < -0.4 is 0 Å². The molecule has 2 atom stereocenters. The molecule has 104 valence electrons. The molecule has 2 unspecified atom stereocenters. The van der Waals surface area contributed by atoms with E-state index in [1.165, 1.54) is 19.3 Å². The van der Waals surface area contributed by atoms with Crippen LogP contribution in [-0.4, -0.2) is 16.3 Å². The van der Waals surface area contributed by atoms with Crippen LogP contribution in [0.5, 0.6) is 0 Å². The molecule has 0 saturated heterocycles. The first kappa shape index (κ1) is 15.8. The molecule has 0 aromatic heterocycles. The topological polar surface area (TPSA) is 17.1 Å². The number of carbonyl (C=O) groups is 1. The Morgan fingerprint density at radius 2 is 2.11 bits per heavy atom. The Morgan fingerprint density at radius 3 is 2.67 bits per heavy atom. The smallest absolute Gasteiger partial charge is 0.133 e. The third-order valence-electron chi connectivity index (χ3n) is 3.61. The number of ketones is 1. The first-order valence-corrected chi connectivity index (χ1v) is 8.06. The quantitative estimate of drug-likeness (QED) is 0.662. The summed E-state index contributed by atoms with van der Waals surface area (Å²) in [5.41, 5.74) is 0.458. The van der Waals surface area contributed by atoms with Gasteiger partial charge in [-0.05, 0) is 42.8 Å². The molecule has 1 aliphatic rings. The Balaban J connectivity index is 2.65. The van der Waals surface area contributed by atoms with Crippen molar-refractivity contribution in [1.29, 1.82) is 0 Å². The Hall–Kier alpha value is -0.240. The Bertz CT molecular complexity index is 304. The number of allylic oxidation sites excluding steroid dienone is 2. The second-order valence-electron chi connectivity index (χ2n) is 6.63. The minimum Gasteiger partial charge on any atom is -0.300 e.